The van der Waals surface area contributed by atoms with Crippen molar-refractivity contribution in [3.05, 3.63) is 58.6 Å². The molecule has 0 saturated carbocycles. The summed E-state index contributed by atoms with van der Waals surface area (Å²) in [6, 6.07) is 16.3. The van der Waals surface area contributed by atoms with Crippen molar-refractivity contribution in [3.8, 4) is 0 Å². The highest BCUT2D eigenvalue weighted by atomic mass is 35.5. The molecule has 0 spiro atoms. The first-order chi connectivity index (χ1) is 12.2. The molecule has 4 rings (SSSR count). The fraction of sp³-hybridized carbons (Fsp3) is 0.429. The van der Waals surface area contributed by atoms with Gasteiger partial charge in [-0.15, -0.1) is 0 Å². The Balaban J connectivity index is 1.70. The Morgan fingerprint density at radius 3 is 2.88 bits per heavy atom. The first kappa shape index (κ1) is 17.4. The molecule has 0 N–H and O–H groups in total. The Kier molecular flexibility index (Phi) is 5.10. The second-order valence-corrected chi connectivity index (χ2v) is 8.64. The van der Waals surface area contributed by atoms with Gasteiger partial charge in [0.2, 0.25) is 0 Å². The van der Waals surface area contributed by atoms with Crippen LogP contribution in [-0.2, 0) is 6.42 Å². The average molecular weight is 373 g/mol. The van der Waals surface area contributed by atoms with Crippen molar-refractivity contribution < 1.29 is 0 Å². The molecule has 132 valence electrons. The maximum Gasteiger partial charge on any atom is 0.0410 e. The number of hydrogen-bond acceptors (Lipinski definition) is 3. The Bertz CT molecular complexity index is 763. The molecule has 1 fully saturated rings. The minimum absolute atomic E-state index is 0.417. The highest BCUT2D eigenvalue weighted by Crippen LogP contribution is 2.44. The van der Waals surface area contributed by atoms with Crippen molar-refractivity contribution in [1.82, 2.24) is 9.80 Å². The molecule has 0 aliphatic carbocycles. The van der Waals surface area contributed by atoms with E-state index in [9.17, 15) is 0 Å². The molecule has 2 aliphatic rings. The van der Waals surface area contributed by atoms with Gasteiger partial charge >= 0.3 is 0 Å². The van der Waals surface area contributed by atoms with Gasteiger partial charge in [0.15, 0.2) is 0 Å². The van der Waals surface area contributed by atoms with E-state index in [1.54, 1.807) is 0 Å². The van der Waals surface area contributed by atoms with Crippen molar-refractivity contribution in [3.63, 3.8) is 0 Å². The fourth-order valence-corrected chi connectivity index (χ4v) is 5.37. The first-order valence-electron chi connectivity index (χ1n) is 9.15. The maximum atomic E-state index is 6.38. The molecule has 2 nitrogen and oxygen atoms in total. The van der Waals surface area contributed by atoms with Crippen molar-refractivity contribution in [1.29, 1.82) is 0 Å². The Labute approximate surface area is 160 Å². The summed E-state index contributed by atoms with van der Waals surface area (Å²) in [5, 5.41) is 0.844. The predicted molar refractivity (Wildman–Crippen MR) is 107 cm³/mol. The summed E-state index contributed by atoms with van der Waals surface area (Å²) in [7, 11) is 2.25. The highest BCUT2D eigenvalue weighted by Gasteiger charge is 2.33. The topological polar surface area (TPSA) is 6.48 Å². The molecule has 0 unspecified atom stereocenters. The zero-order chi connectivity index (χ0) is 17.4. The molecule has 2 aliphatic heterocycles. The molecule has 0 bridgehead atoms. The molecule has 2 aromatic carbocycles. The van der Waals surface area contributed by atoms with E-state index < -0.39 is 0 Å². The molecule has 2 heterocycles. The Hall–Kier alpha value is -1.00. The van der Waals surface area contributed by atoms with Crippen molar-refractivity contribution in [2.75, 3.05) is 26.7 Å². The third kappa shape index (κ3) is 3.48. The zero-order valence-electron chi connectivity index (χ0n) is 14.9. The number of hydrogen-bond donors (Lipinski definition) is 0. The van der Waals surface area contributed by atoms with E-state index in [0.717, 1.165) is 24.5 Å². The lowest BCUT2D eigenvalue weighted by atomic mass is 9.97. The van der Waals surface area contributed by atoms with Gasteiger partial charge in [0.1, 0.15) is 0 Å². The van der Waals surface area contributed by atoms with Gasteiger partial charge in [0.05, 0.1) is 0 Å². The van der Waals surface area contributed by atoms with E-state index >= 15 is 0 Å². The maximum absolute atomic E-state index is 6.38. The van der Waals surface area contributed by atoms with Crippen LogP contribution in [0.5, 0.6) is 0 Å². The van der Waals surface area contributed by atoms with E-state index in [0.29, 0.717) is 12.1 Å². The molecule has 0 aromatic heterocycles. The van der Waals surface area contributed by atoms with Crippen LogP contribution in [0.3, 0.4) is 0 Å². The number of likely N-dealkylation sites (tertiary alicyclic amines) is 1. The SMILES string of the molecule is CCN(C)[C@@H]1CCN([C@H]2Cc3ccccc3Sc3ccc(Cl)cc32)C1. The van der Waals surface area contributed by atoms with E-state index in [4.69, 9.17) is 11.6 Å². The van der Waals surface area contributed by atoms with Gasteiger partial charge in [-0.3, -0.25) is 4.90 Å². The van der Waals surface area contributed by atoms with Crippen LogP contribution in [0, 0.1) is 0 Å². The summed E-state index contributed by atoms with van der Waals surface area (Å²) in [5.41, 5.74) is 2.85. The summed E-state index contributed by atoms with van der Waals surface area (Å²) >= 11 is 8.27. The van der Waals surface area contributed by atoms with Crippen LogP contribution in [0.15, 0.2) is 52.3 Å². The standard InChI is InChI=1S/C21H25ClN2S/c1-3-23(2)17-10-11-24(14-17)19-12-15-6-4-5-7-20(15)25-21-9-8-16(22)13-18(19)21/h4-9,13,17,19H,3,10-12,14H2,1-2H3/t17-,19+/m1/s1. The van der Waals surface area contributed by atoms with Crippen LogP contribution >= 0.6 is 23.4 Å². The van der Waals surface area contributed by atoms with Crippen LogP contribution in [0.1, 0.15) is 30.5 Å². The minimum atomic E-state index is 0.417. The summed E-state index contributed by atoms with van der Waals surface area (Å²) in [5.74, 6) is 0. The van der Waals surface area contributed by atoms with E-state index in [1.807, 2.05) is 17.8 Å². The highest BCUT2D eigenvalue weighted by molar-refractivity contribution is 7.99. The lowest BCUT2D eigenvalue weighted by molar-refractivity contribution is 0.202. The van der Waals surface area contributed by atoms with Gasteiger partial charge in [-0.25, -0.2) is 0 Å². The number of benzene rings is 2. The van der Waals surface area contributed by atoms with Crippen LogP contribution < -0.4 is 0 Å². The van der Waals surface area contributed by atoms with Crippen LogP contribution in [0.4, 0.5) is 0 Å². The Morgan fingerprint density at radius 2 is 2.04 bits per heavy atom. The number of halogens is 1. The van der Waals surface area contributed by atoms with Crippen LogP contribution in [0.2, 0.25) is 5.02 Å². The molecule has 4 heteroatoms. The van der Waals surface area contributed by atoms with Gasteiger partial charge in [-0.1, -0.05) is 48.5 Å². The second-order valence-electron chi connectivity index (χ2n) is 7.12. The number of nitrogens with zero attached hydrogens (tertiary/aromatic N) is 2. The van der Waals surface area contributed by atoms with Crippen LogP contribution in [-0.4, -0.2) is 42.5 Å². The van der Waals surface area contributed by atoms with Crippen molar-refractivity contribution >= 4 is 23.4 Å². The summed E-state index contributed by atoms with van der Waals surface area (Å²) in [4.78, 5) is 7.90. The molecule has 25 heavy (non-hydrogen) atoms. The van der Waals surface area contributed by atoms with Crippen LogP contribution in [0.25, 0.3) is 0 Å². The van der Waals surface area contributed by atoms with Gasteiger partial charge in [-0.2, -0.15) is 0 Å². The van der Waals surface area contributed by atoms with Crippen molar-refractivity contribution in [2.45, 2.75) is 41.6 Å². The van der Waals surface area contributed by atoms with Gasteiger partial charge in [-0.05, 0) is 61.8 Å². The lowest BCUT2D eigenvalue weighted by Crippen LogP contribution is -2.36. The summed E-state index contributed by atoms with van der Waals surface area (Å²) in [6.45, 7) is 5.67. The number of fused-ring (bicyclic) bond motifs is 2. The molecule has 1 saturated heterocycles. The number of rotatable bonds is 3. The molecular formula is C21H25ClN2S. The third-order valence-corrected chi connectivity index (χ3v) is 7.14. The molecule has 0 amide bonds. The predicted octanol–water partition coefficient (Wildman–Crippen LogP) is 5.11. The first-order valence-corrected chi connectivity index (χ1v) is 10.3. The summed E-state index contributed by atoms with van der Waals surface area (Å²) in [6.07, 6.45) is 2.32. The quantitative estimate of drug-likeness (QED) is 0.738. The molecule has 2 atom stereocenters. The number of likely N-dealkylation sites (N-methyl/N-ethyl adjacent to an activating group) is 1. The zero-order valence-corrected chi connectivity index (χ0v) is 16.5. The fourth-order valence-electron chi connectivity index (χ4n) is 4.08. The Morgan fingerprint density at radius 1 is 1.20 bits per heavy atom. The largest absolute Gasteiger partial charge is 0.302 e. The average Bonchev–Trinajstić information content (AvgIpc) is 3.05. The minimum Gasteiger partial charge on any atom is -0.302 e. The van der Waals surface area contributed by atoms with Gasteiger partial charge in [0, 0.05) is 40.0 Å². The normalized spacial score (nSPS) is 23.4. The van der Waals surface area contributed by atoms with E-state index in [1.165, 1.54) is 33.9 Å². The molecular weight excluding hydrogens is 348 g/mol. The third-order valence-electron chi connectivity index (χ3n) is 5.69. The molecule has 0 radical (unpaired) electrons. The van der Waals surface area contributed by atoms with E-state index in [-0.39, 0.29) is 0 Å². The van der Waals surface area contributed by atoms with Gasteiger partial charge < -0.3 is 4.90 Å². The van der Waals surface area contributed by atoms with Gasteiger partial charge in [0.25, 0.3) is 0 Å². The molecule has 2 aromatic rings. The second kappa shape index (κ2) is 7.32. The summed E-state index contributed by atoms with van der Waals surface area (Å²) < 4.78 is 0. The van der Waals surface area contributed by atoms with Crippen molar-refractivity contribution in [2.24, 2.45) is 0 Å². The lowest BCUT2D eigenvalue weighted by Gasteiger charge is -2.30. The smallest absolute Gasteiger partial charge is 0.0410 e. The monoisotopic (exact) mass is 372 g/mol. The van der Waals surface area contributed by atoms with E-state index in [2.05, 4.69) is 60.2 Å².